The van der Waals surface area contributed by atoms with Crippen molar-refractivity contribution in [2.75, 3.05) is 0 Å². The lowest BCUT2D eigenvalue weighted by atomic mass is 9.67. The predicted octanol–water partition coefficient (Wildman–Crippen LogP) is 4.52. The molecule has 0 bridgehead atoms. The molecule has 0 N–H and O–H groups in total. The van der Waals surface area contributed by atoms with Crippen LogP contribution in [0, 0.1) is 0 Å². The van der Waals surface area contributed by atoms with Crippen LogP contribution < -0.4 is 10.9 Å². The largest absolute Gasteiger partial charge is 0.495 e. The maximum atomic E-state index is 6.43. The van der Waals surface area contributed by atoms with Crippen LogP contribution in [0.5, 0.6) is 0 Å². The third-order valence-corrected chi connectivity index (χ3v) is 7.65. The van der Waals surface area contributed by atoms with Crippen LogP contribution in [0.3, 0.4) is 0 Å². The van der Waals surface area contributed by atoms with Crippen molar-refractivity contribution in [1.29, 1.82) is 0 Å². The van der Waals surface area contributed by atoms with E-state index in [2.05, 4.69) is 80.7 Å². The molecule has 1 aromatic rings. The molecule has 1 aromatic carbocycles. The number of aryl methyl sites for hydroxylation is 2. The van der Waals surface area contributed by atoms with Gasteiger partial charge >= 0.3 is 14.2 Å². The molecular formula is C26H40B2O4. The van der Waals surface area contributed by atoms with E-state index in [4.69, 9.17) is 18.6 Å². The molecule has 0 spiro atoms. The van der Waals surface area contributed by atoms with E-state index in [1.54, 1.807) is 0 Å². The molecule has 0 amide bonds. The highest BCUT2D eigenvalue weighted by atomic mass is 16.7. The first-order chi connectivity index (χ1) is 14.7. The average molecular weight is 438 g/mol. The topological polar surface area (TPSA) is 36.9 Å². The molecule has 0 atom stereocenters. The first kappa shape index (κ1) is 25.3. The highest BCUT2D eigenvalue weighted by Crippen LogP contribution is 2.38. The van der Waals surface area contributed by atoms with E-state index < -0.39 is 14.2 Å². The van der Waals surface area contributed by atoms with Gasteiger partial charge in [0.1, 0.15) is 0 Å². The molecule has 6 heteroatoms. The van der Waals surface area contributed by atoms with Gasteiger partial charge in [-0.05, 0) is 103 Å². The summed E-state index contributed by atoms with van der Waals surface area (Å²) in [5, 5.41) is 0. The molecule has 0 unspecified atom stereocenters. The molecule has 2 heterocycles. The first-order valence-electron chi connectivity index (χ1n) is 11.8. The highest BCUT2D eigenvalue weighted by molar-refractivity contribution is 6.65. The van der Waals surface area contributed by atoms with Crippen molar-refractivity contribution in [3.63, 3.8) is 0 Å². The Bertz CT molecular complexity index is 769. The zero-order valence-electron chi connectivity index (χ0n) is 21.3. The van der Waals surface area contributed by atoms with Crippen LogP contribution >= 0.6 is 0 Å². The minimum Gasteiger partial charge on any atom is -0.399 e. The second kappa shape index (κ2) is 8.79. The van der Waals surface area contributed by atoms with Crippen LogP contribution in [0.1, 0.15) is 79.4 Å². The molecule has 4 nitrogen and oxygen atoms in total. The van der Waals surface area contributed by atoms with Crippen molar-refractivity contribution < 1.29 is 18.6 Å². The van der Waals surface area contributed by atoms with Gasteiger partial charge in [-0.3, -0.25) is 0 Å². The van der Waals surface area contributed by atoms with Crippen LogP contribution in [0.25, 0.3) is 0 Å². The smallest absolute Gasteiger partial charge is 0.399 e. The fraction of sp³-hybridized carbons (Fsp3) is 0.615. The summed E-state index contributed by atoms with van der Waals surface area (Å²) in [7, 11) is -0.815. The fourth-order valence-electron chi connectivity index (χ4n) is 4.05. The lowest BCUT2D eigenvalue weighted by molar-refractivity contribution is 0.00578. The van der Waals surface area contributed by atoms with Gasteiger partial charge < -0.3 is 18.6 Å². The van der Waals surface area contributed by atoms with Crippen LogP contribution in [-0.2, 0) is 31.5 Å². The SMILES string of the molecule is C=CCCc1cc(B2OC(C)(C)C(C)(C)O2)c(CCC=C)cc1B1OC(C)(C)C(C)(C)O1. The molecule has 2 fully saturated rings. The second-order valence-electron chi connectivity index (χ2n) is 11.1. The Morgan fingerprint density at radius 1 is 0.625 bits per heavy atom. The summed E-state index contributed by atoms with van der Waals surface area (Å²) < 4.78 is 25.7. The van der Waals surface area contributed by atoms with Crippen molar-refractivity contribution in [3.05, 3.63) is 48.6 Å². The highest BCUT2D eigenvalue weighted by Gasteiger charge is 2.54. The molecular weight excluding hydrogens is 398 g/mol. The summed E-state index contributed by atoms with van der Waals surface area (Å²) in [6.07, 6.45) is 7.37. The zero-order chi connectivity index (χ0) is 23.9. The molecule has 0 aliphatic carbocycles. The summed E-state index contributed by atoms with van der Waals surface area (Å²) in [4.78, 5) is 0. The lowest BCUT2D eigenvalue weighted by Crippen LogP contribution is -2.43. The number of hydrogen-bond donors (Lipinski definition) is 0. The standard InChI is InChI=1S/C26H40B2O4/c1-11-13-15-19-17-22(28-31-25(7,8)26(9,10)32-28)20(16-14-12-2)18-21(19)27-29-23(3,4)24(5,6)30-27/h11-12,17-18H,1-2,13-16H2,3-10H3. The zero-order valence-corrected chi connectivity index (χ0v) is 21.3. The van der Waals surface area contributed by atoms with Gasteiger partial charge in [-0.25, -0.2) is 0 Å². The number of rotatable bonds is 8. The molecule has 0 aromatic heterocycles. The first-order valence-corrected chi connectivity index (χ1v) is 11.8. The third-order valence-electron chi connectivity index (χ3n) is 7.65. The maximum absolute atomic E-state index is 6.43. The average Bonchev–Trinajstić information content (AvgIpc) is 3.03. The number of benzene rings is 1. The van der Waals surface area contributed by atoms with Gasteiger partial charge in [0.05, 0.1) is 22.4 Å². The molecule has 3 rings (SSSR count). The molecule has 2 saturated heterocycles. The van der Waals surface area contributed by atoms with Crippen molar-refractivity contribution in [2.45, 2.75) is 103 Å². The Morgan fingerprint density at radius 3 is 1.16 bits per heavy atom. The van der Waals surface area contributed by atoms with Crippen LogP contribution in [0.15, 0.2) is 37.4 Å². The maximum Gasteiger partial charge on any atom is 0.495 e. The van der Waals surface area contributed by atoms with Gasteiger partial charge in [0.2, 0.25) is 0 Å². The summed E-state index contributed by atoms with van der Waals surface area (Å²) in [5.41, 5.74) is 3.00. The Kier molecular flexibility index (Phi) is 6.95. The summed E-state index contributed by atoms with van der Waals surface area (Å²) in [6, 6.07) is 4.48. The number of allylic oxidation sites excluding steroid dienone is 2. The van der Waals surface area contributed by atoms with Gasteiger partial charge in [-0.1, -0.05) is 24.3 Å². The second-order valence-corrected chi connectivity index (χ2v) is 11.1. The minimum atomic E-state index is -0.408. The van der Waals surface area contributed by atoms with Crippen molar-refractivity contribution >= 4 is 25.2 Å². The van der Waals surface area contributed by atoms with E-state index in [1.165, 1.54) is 11.1 Å². The van der Waals surface area contributed by atoms with E-state index in [0.29, 0.717) is 0 Å². The van der Waals surface area contributed by atoms with Gasteiger partial charge in [-0.15, -0.1) is 13.2 Å². The van der Waals surface area contributed by atoms with Gasteiger partial charge in [0, 0.05) is 0 Å². The Morgan fingerprint density at radius 2 is 0.906 bits per heavy atom. The summed E-state index contributed by atoms with van der Waals surface area (Å²) in [5.74, 6) is 0. The van der Waals surface area contributed by atoms with Crippen LogP contribution in [0.2, 0.25) is 0 Å². The van der Waals surface area contributed by atoms with E-state index in [1.807, 2.05) is 12.2 Å². The van der Waals surface area contributed by atoms with Gasteiger partial charge in [0.15, 0.2) is 0 Å². The third kappa shape index (κ3) is 4.65. The molecule has 174 valence electrons. The van der Waals surface area contributed by atoms with Crippen molar-refractivity contribution in [2.24, 2.45) is 0 Å². The van der Waals surface area contributed by atoms with Crippen molar-refractivity contribution in [3.8, 4) is 0 Å². The minimum absolute atomic E-state index is 0.390. The molecule has 32 heavy (non-hydrogen) atoms. The van der Waals surface area contributed by atoms with E-state index in [-0.39, 0.29) is 22.4 Å². The van der Waals surface area contributed by atoms with Crippen LogP contribution in [-0.4, -0.2) is 36.6 Å². The quantitative estimate of drug-likeness (QED) is 0.442. The molecule has 0 saturated carbocycles. The molecule has 0 radical (unpaired) electrons. The molecule has 2 aliphatic heterocycles. The Hall–Kier alpha value is -1.33. The Balaban J connectivity index is 2.08. The number of hydrogen-bond acceptors (Lipinski definition) is 4. The summed E-state index contributed by atoms with van der Waals surface area (Å²) in [6.45, 7) is 24.6. The lowest BCUT2D eigenvalue weighted by Gasteiger charge is -2.32. The van der Waals surface area contributed by atoms with Gasteiger partial charge in [0.25, 0.3) is 0 Å². The Labute approximate surface area is 196 Å². The van der Waals surface area contributed by atoms with E-state index in [0.717, 1.165) is 36.6 Å². The monoisotopic (exact) mass is 438 g/mol. The van der Waals surface area contributed by atoms with Crippen molar-refractivity contribution in [1.82, 2.24) is 0 Å². The predicted molar refractivity (Wildman–Crippen MR) is 135 cm³/mol. The van der Waals surface area contributed by atoms with E-state index in [9.17, 15) is 0 Å². The molecule has 2 aliphatic rings. The normalized spacial score (nSPS) is 22.9. The van der Waals surface area contributed by atoms with Crippen LogP contribution in [0.4, 0.5) is 0 Å². The van der Waals surface area contributed by atoms with Gasteiger partial charge in [-0.2, -0.15) is 0 Å². The fourth-order valence-corrected chi connectivity index (χ4v) is 4.05. The van der Waals surface area contributed by atoms with E-state index >= 15 is 0 Å². The summed E-state index contributed by atoms with van der Waals surface area (Å²) >= 11 is 0.